The SMILES string of the molecule is COc1ccc(N=Nc2n(CCC3CCN(c4ccc(N=Nc5n(C)cc[n+]5C)cc4)CC3)cc[n+]2C)cc1.COc1ccc(N=Nc2nccn2C)cc1.Cn1cc[n+](C)c1N=Nc1ccc(N2CCC(CCCl)CC2)cc1.[Cl-].[Cl-].[Cl-]. The minimum atomic E-state index is 0. The summed E-state index contributed by atoms with van der Waals surface area (Å²) in [6.07, 6.45) is 22.6. The predicted molar refractivity (Wildman–Crippen MR) is 307 cm³/mol. The molecule has 2 aliphatic heterocycles. The molecule has 0 radical (unpaired) electrons. The number of halogens is 4. The van der Waals surface area contributed by atoms with Crippen molar-refractivity contribution in [2.45, 2.75) is 45.1 Å². The lowest BCUT2D eigenvalue weighted by Crippen LogP contribution is -3.00. The first-order chi connectivity index (χ1) is 38.5. The van der Waals surface area contributed by atoms with E-state index in [-0.39, 0.29) is 37.2 Å². The summed E-state index contributed by atoms with van der Waals surface area (Å²) in [5.74, 6) is 6.93. The van der Waals surface area contributed by atoms with Crippen LogP contribution >= 0.6 is 11.6 Å². The van der Waals surface area contributed by atoms with Gasteiger partial charge in [0.25, 0.3) is 0 Å². The second kappa shape index (κ2) is 32.8. The number of hydrogen-bond donors (Lipinski definition) is 0. The Labute approximate surface area is 504 Å². The van der Waals surface area contributed by atoms with Gasteiger partial charge in [-0.15, -0.1) is 21.8 Å². The lowest BCUT2D eigenvalue weighted by Gasteiger charge is -2.33. The zero-order valence-electron chi connectivity index (χ0n) is 47.9. The number of benzene rings is 4. The van der Waals surface area contributed by atoms with Gasteiger partial charge < -0.3 is 61.1 Å². The quantitative estimate of drug-likeness (QED) is 0.0771. The summed E-state index contributed by atoms with van der Waals surface area (Å²) in [4.78, 5) is 8.96. The Morgan fingerprint density at radius 2 is 0.854 bits per heavy atom. The van der Waals surface area contributed by atoms with E-state index in [4.69, 9.17) is 21.1 Å². The Bertz CT molecular complexity index is 3230. The molecule has 0 unspecified atom stereocenters. The van der Waals surface area contributed by atoms with Crippen LogP contribution in [0.2, 0.25) is 0 Å². The van der Waals surface area contributed by atoms with E-state index in [2.05, 4.69) is 90.7 Å². The molecule has 4 aromatic carbocycles. The molecule has 20 nitrogen and oxygen atoms in total. The molecule has 4 aromatic heterocycles. The molecule has 0 atom stereocenters. The molecular formula is C58H74Cl4N18O2. The highest BCUT2D eigenvalue weighted by Gasteiger charge is 2.23. The van der Waals surface area contributed by atoms with Crippen LogP contribution in [0.1, 0.15) is 38.5 Å². The van der Waals surface area contributed by atoms with Gasteiger partial charge in [0.15, 0.2) is 0 Å². The molecule has 0 aliphatic carbocycles. The van der Waals surface area contributed by atoms with Crippen molar-refractivity contribution in [1.29, 1.82) is 0 Å². The van der Waals surface area contributed by atoms with Crippen LogP contribution in [0.3, 0.4) is 0 Å². The number of azo groups is 4. The van der Waals surface area contributed by atoms with Crippen molar-refractivity contribution >= 4 is 69.5 Å². The molecule has 2 saturated heterocycles. The standard InChI is InChI=1S/C29H37N9O.C18H25ClN5.C11H12N4O.3ClH/c1-34-19-20-35(2)28(34)32-30-24-5-9-26(10-6-24)37-16-13-23(14-17-37)15-18-38-22-21-36(3)29(38)33-31-25-7-11-27(39-4)12-8-25;1-22-13-14-23(2)18(22)21-20-16-3-5-17(6-4-16)24-11-8-15(7-10-19)9-12-24;1-15-8-7-12-11(15)14-13-9-3-5-10(16-2)6-4-9;;;/h5-12,19-23H,13-18H2,1-4H3;3-6,13-15H,7-12H2,1-2H3;3-8H,1-2H3;3*1H/q+2;+1;;;;/p-3. The number of hydrogen-bond acceptors (Lipinski definition) is 13. The van der Waals surface area contributed by atoms with Crippen molar-refractivity contribution in [3.05, 3.63) is 147 Å². The van der Waals surface area contributed by atoms with Crippen LogP contribution < -0.4 is 70.2 Å². The Morgan fingerprint density at radius 3 is 1.23 bits per heavy atom. The molecule has 0 spiro atoms. The van der Waals surface area contributed by atoms with Crippen LogP contribution in [0.4, 0.5) is 57.9 Å². The van der Waals surface area contributed by atoms with Crippen LogP contribution in [-0.2, 0) is 48.8 Å². The van der Waals surface area contributed by atoms with E-state index >= 15 is 0 Å². The maximum Gasteiger partial charge on any atom is 0.421 e. The lowest BCUT2D eigenvalue weighted by molar-refractivity contribution is -0.657. The number of anilines is 2. The maximum absolute atomic E-state index is 5.86. The fourth-order valence-corrected chi connectivity index (χ4v) is 9.63. The number of aromatic nitrogens is 8. The summed E-state index contributed by atoms with van der Waals surface area (Å²) in [6.45, 7) is 5.28. The number of methoxy groups -OCH3 is 2. The normalized spacial score (nSPS) is 13.8. The summed E-state index contributed by atoms with van der Waals surface area (Å²) >= 11 is 5.86. The summed E-state index contributed by atoms with van der Waals surface area (Å²) in [6, 6.07) is 31.7. The Hall–Kier alpha value is -7.52. The van der Waals surface area contributed by atoms with Gasteiger partial charge in [-0.05, 0) is 147 Å². The van der Waals surface area contributed by atoms with Crippen molar-refractivity contribution in [1.82, 2.24) is 23.3 Å². The molecule has 0 bridgehead atoms. The molecule has 2 aliphatic rings. The van der Waals surface area contributed by atoms with Gasteiger partial charge in [0.2, 0.25) is 5.95 Å². The predicted octanol–water partition coefficient (Wildman–Crippen LogP) is 3.59. The number of alkyl halides is 1. The minimum Gasteiger partial charge on any atom is -1.00 e. The van der Waals surface area contributed by atoms with E-state index in [1.807, 2.05) is 175 Å². The first-order valence-corrected chi connectivity index (χ1v) is 27.2. The zero-order valence-corrected chi connectivity index (χ0v) is 50.9. The first-order valence-electron chi connectivity index (χ1n) is 26.7. The van der Waals surface area contributed by atoms with Crippen molar-refractivity contribution < 1.29 is 60.4 Å². The topological polar surface area (TPSA) is 168 Å². The van der Waals surface area contributed by atoms with Crippen LogP contribution in [0.25, 0.3) is 0 Å². The number of ether oxygens (including phenoxy) is 2. The molecule has 10 rings (SSSR count). The third kappa shape index (κ3) is 18.5. The average Bonchev–Trinajstić information content (AvgIpc) is 4.26. The maximum atomic E-state index is 5.86. The van der Waals surface area contributed by atoms with E-state index in [1.54, 1.807) is 25.0 Å². The Kier molecular flexibility index (Phi) is 26.1. The monoisotopic (exact) mass is 1190 g/mol. The van der Waals surface area contributed by atoms with Crippen molar-refractivity contribution in [3.8, 4) is 11.5 Å². The number of piperidine rings is 2. The molecule has 82 heavy (non-hydrogen) atoms. The second-order valence-electron chi connectivity index (χ2n) is 19.7. The lowest BCUT2D eigenvalue weighted by atomic mass is 9.93. The van der Waals surface area contributed by atoms with Crippen molar-refractivity contribution in [3.63, 3.8) is 0 Å². The van der Waals surface area contributed by atoms with Gasteiger partial charge in [0.1, 0.15) is 28.6 Å². The molecule has 0 amide bonds. The largest absolute Gasteiger partial charge is 1.00 e. The molecule has 0 N–H and O–H groups in total. The first kappa shape index (κ1) is 65.3. The van der Waals surface area contributed by atoms with Crippen molar-refractivity contribution in [2.75, 3.05) is 56.1 Å². The Balaban J connectivity index is 0.000000245. The molecule has 24 heteroatoms. The molecule has 8 aromatic rings. The fraction of sp³-hybridized carbons (Fsp3) is 0.379. The summed E-state index contributed by atoms with van der Waals surface area (Å²) in [5, 5.41) is 34.5. The Morgan fingerprint density at radius 1 is 0.476 bits per heavy atom. The van der Waals surface area contributed by atoms with E-state index in [0.717, 1.165) is 109 Å². The molecule has 6 heterocycles. The van der Waals surface area contributed by atoms with E-state index in [9.17, 15) is 0 Å². The highest BCUT2D eigenvalue weighted by molar-refractivity contribution is 6.17. The van der Waals surface area contributed by atoms with E-state index < -0.39 is 0 Å². The second-order valence-corrected chi connectivity index (χ2v) is 20.1. The molecule has 2 fully saturated rings. The highest BCUT2D eigenvalue weighted by Crippen LogP contribution is 2.30. The zero-order chi connectivity index (χ0) is 55.5. The van der Waals surface area contributed by atoms with Crippen molar-refractivity contribution in [2.24, 2.45) is 95.0 Å². The molecule has 436 valence electrons. The summed E-state index contributed by atoms with van der Waals surface area (Å²) < 4.78 is 24.1. The smallest absolute Gasteiger partial charge is 0.421 e. The minimum absolute atomic E-state index is 0. The number of aryl methyl sites for hydroxylation is 7. The molecular weight excluding hydrogens is 1120 g/mol. The molecule has 0 saturated carbocycles. The van der Waals surface area contributed by atoms with Gasteiger partial charge in [-0.25, -0.2) is 32.4 Å². The van der Waals surface area contributed by atoms with Crippen LogP contribution in [-0.4, -0.2) is 69.5 Å². The van der Waals surface area contributed by atoms with Gasteiger partial charge in [0, 0.05) is 78.2 Å². The van der Waals surface area contributed by atoms with E-state index in [1.165, 1.54) is 37.1 Å². The van der Waals surface area contributed by atoms with Crippen LogP contribution in [0.15, 0.2) is 188 Å². The fourth-order valence-electron chi connectivity index (χ4n) is 9.32. The van der Waals surface area contributed by atoms with Crippen LogP contribution in [0, 0.1) is 11.8 Å². The van der Waals surface area contributed by atoms with Gasteiger partial charge in [-0.1, -0.05) is 15.3 Å². The van der Waals surface area contributed by atoms with Gasteiger partial charge in [-0.2, -0.15) is 0 Å². The number of nitrogens with zero attached hydrogens (tertiary/aromatic N) is 18. The third-order valence-corrected chi connectivity index (χ3v) is 14.5. The van der Waals surface area contributed by atoms with Crippen LogP contribution in [0.5, 0.6) is 11.5 Å². The van der Waals surface area contributed by atoms with Gasteiger partial charge in [0.05, 0.1) is 98.9 Å². The summed E-state index contributed by atoms with van der Waals surface area (Å²) in [7, 11) is 15.0. The summed E-state index contributed by atoms with van der Waals surface area (Å²) in [5.41, 5.74) is 5.81. The highest BCUT2D eigenvalue weighted by atomic mass is 35.5. The van der Waals surface area contributed by atoms with Gasteiger partial charge in [-0.3, -0.25) is 0 Å². The third-order valence-electron chi connectivity index (χ3n) is 14.2. The van der Waals surface area contributed by atoms with Gasteiger partial charge >= 0.3 is 17.8 Å². The van der Waals surface area contributed by atoms with E-state index in [0.29, 0.717) is 11.9 Å². The number of rotatable bonds is 17. The average molecular weight is 1200 g/mol. The number of imidazole rings is 4.